The number of Topliss-reactive ketones (excluding diaryl/α,β-unsaturated/α-hetero) is 1. The summed E-state index contributed by atoms with van der Waals surface area (Å²) in [4.78, 5) is 10.9. The van der Waals surface area contributed by atoms with Gasteiger partial charge in [0.25, 0.3) is 0 Å². The number of benzene rings is 1. The molecule has 1 aromatic carbocycles. The van der Waals surface area contributed by atoms with Gasteiger partial charge < -0.3 is 0 Å². The first-order chi connectivity index (χ1) is 7.74. The van der Waals surface area contributed by atoms with Gasteiger partial charge in [0.15, 0.2) is 0 Å². The lowest BCUT2D eigenvalue weighted by atomic mass is 10.0. The summed E-state index contributed by atoms with van der Waals surface area (Å²) in [6.07, 6.45) is 2.00. The molecule has 0 aliphatic carbocycles. The van der Waals surface area contributed by atoms with Gasteiger partial charge >= 0.3 is 0 Å². The van der Waals surface area contributed by atoms with E-state index in [0.717, 1.165) is 24.3 Å². The largest absolute Gasteiger partial charge is 0.300 e. The van der Waals surface area contributed by atoms with E-state index in [0.29, 0.717) is 6.42 Å². The summed E-state index contributed by atoms with van der Waals surface area (Å²) in [5, 5.41) is 8.16. The molecule has 0 saturated heterocycles. The number of hydrogen-bond donors (Lipinski definition) is 0. The zero-order valence-electron chi connectivity index (χ0n) is 9.31. The van der Waals surface area contributed by atoms with Gasteiger partial charge in [-0.2, -0.15) is 10.2 Å². The second-order valence-electron chi connectivity index (χ2n) is 4.05. The third-order valence-electron chi connectivity index (χ3n) is 2.44. The van der Waals surface area contributed by atoms with E-state index < -0.39 is 0 Å². The standard InChI is InChI=1S/C13H14N2O/c1-10(16)7-12-9-13(15-14-12)8-11-5-3-2-4-6-11/h2-6H,7-9H2,1H3. The molecule has 0 saturated carbocycles. The van der Waals surface area contributed by atoms with Gasteiger partial charge in [0.05, 0.1) is 11.4 Å². The molecule has 16 heavy (non-hydrogen) atoms. The zero-order chi connectivity index (χ0) is 11.4. The maximum absolute atomic E-state index is 10.9. The van der Waals surface area contributed by atoms with Crippen molar-refractivity contribution < 1.29 is 4.79 Å². The van der Waals surface area contributed by atoms with E-state index in [9.17, 15) is 4.79 Å². The average Bonchev–Trinajstić information content (AvgIpc) is 2.66. The first-order valence-corrected chi connectivity index (χ1v) is 5.38. The van der Waals surface area contributed by atoms with Crippen LogP contribution in [0.4, 0.5) is 0 Å². The first kappa shape index (κ1) is 10.7. The van der Waals surface area contributed by atoms with Gasteiger partial charge in [0, 0.05) is 19.3 Å². The molecule has 1 aromatic rings. The highest BCUT2D eigenvalue weighted by atomic mass is 16.1. The Morgan fingerprint density at radius 2 is 1.88 bits per heavy atom. The van der Waals surface area contributed by atoms with E-state index in [1.54, 1.807) is 6.92 Å². The predicted molar refractivity (Wildman–Crippen MR) is 64.9 cm³/mol. The Kier molecular flexibility index (Phi) is 3.25. The van der Waals surface area contributed by atoms with Crippen LogP contribution in [-0.4, -0.2) is 17.2 Å². The second-order valence-corrected chi connectivity index (χ2v) is 4.05. The van der Waals surface area contributed by atoms with Gasteiger partial charge in [-0.25, -0.2) is 0 Å². The zero-order valence-corrected chi connectivity index (χ0v) is 9.31. The number of ketones is 1. The molecule has 2 rings (SSSR count). The summed E-state index contributed by atoms with van der Waals surface area (Å²) >= 11 is 0. The van der Waals surface area contributed by atoms with Gasteiger partial charge in [-0.3, -0.25) is 4.79 Å². The van der Waals surface area contributed by atoms with Gasteiger partial charge in [-0.1, -0.05) is 30.3 Å². The minimum atomic E-state index is 0.148. The van der Waals surface area contributed by atoms with Crippen LogP contribution in [0.5, 0.6) is 0 Å². The lowest BCUT2D eigenvalue weighted by Crippen LogP contribution is -2.08. The molecule has 0 radical (unpaired) electrons. The Bertz CT molecular complexity index is 446. The minimum absolute atomic E-state index is 0.148. The number of nitrogens with zero attached hydrogens (tertiary/aromatic N) is 2. The smallest absolute Gasteiger partial charge is 0.135 e. The topological polar surface area (TPSA) is 41.8 Å². The number of carbonyl (C=O) groups is 1. The molecule has 0 N–H and O–H groups in total. The average molecular weight is 214 g/mol. The van der Waals surface area contributed by atoms with Crippen LogP contribution in [0.2, 0.25) is 0 Å². The fourth-order valence-corrected chi connectivity index (χ4v) is 1.76. The summed E-state index contributed by atoms with van der Waals surface area (Å²) < 4.78 is 0. The third kappa shape index (κ3) is 2.86. The van der Waals surface area contributed by atoms with Crippen molar-refractivity contribution in [2.24, 2.45) is 10.2 Å². The van der Waals surface area contributed by atoms with Crippen molar-refractivity contribution in [2.75, 3.05) is 0 Å². The lowest BCUT2D eigenvalue weighted by Gasteiger charge is -2.00. The third-order valence-corrected chi connectivity index (χ3v) is 2.44. The van der Waals surface area contributed by atoms with Crippen molar-refractivity contribution in [2.45, 2.75) is 26.2 Å². The quantitative estimate of drug-likeness (QED) is 0.758. The first-order valence-electron chi connectivity index (χ1n) is 5.38. The van der Waals surface area contributed by atoms with Crippen molar-refractivity contribution in [3.63, 3.8) is 0 Å². The van der Waals surface area contributed by atoms with Crippen LogP contribution in [0.25, 0.3) is 0 Å². The Hall–Kier alpha value is -1.77. The van der Waals surface area contributed by atoms with Crippen LogP contribution >= 0.6 is 0 Å². The minimum Gasteiger partial charge on any atom is -0.300 e. The van der Waals surface area contributed by atoms with E-state index in [1.165, 1.54) is 5.56 Å². The molecule has 82 valence electrons. The Morgan fingerprint density at radius 3 is 2.56 bits per heavy atom. The van der Waals surface area contributed by atoms with Gasteiger partial charge in [-0.05, 0) is 12.5 Å². The molecule has 1 aliphatic heterocycles. The normalized spacial score (nSPS) is 14.6. The molecule has 0 unspecified atom stereocenters. The second kappa shape index (κ2) is 4.84. The Balaban J connectivity index is 1.90. The summed E-state index contributed by atoms with van der Waals surface area (Å²) in [7, 11) is 0. The van der Waals surface area contributed by atoms with Crippen molar-refractivity contribution in [1.29, 1.82) is 0 Å². The van der Waals surface area contributed by atoms with Gasteiger partial charge in [0.2, 0.25) is 0 Å². The van der Waals surface area contributed by atoms with Crippen LogP contribution in [0.1, 0.15) is 25.3 Å². The molecule has 1 aliphatic rings. The molecule has 0 atom stereocenters. The highest BCUT2D eigenvalue weighted by Gasteiger charge is 2.14. The number of rotatable bonds is 4. The van der Waals surface area contributed by atoms with Gasteiger partial charge in [-0.15, -0.1) is 0 Å². The molecule has 1 heterocycles. The lowest BCUT2D eigenvalue weighted by molar-refractivity contribution is -0.115. The molecular weight excluding hydrogens is 200 g/mol. The molecule has 3 nitrogen and oxygen atoms in total. The maximum Gasteiger partial charge on any atom is 0.135 e. The van der Waals surface area contributed by atoms with Crippen LogP contribution in [0.15, 0.2) is 40.5 Å². The monoisotopic (exact) mass is 214 g/mol. The van der Waals surface area contributed by atoms with Crippen LogP contribution < -0.4 is 0 Å². The SMILES string of the molecule is CC(=O)CC1=NN=C(Cc2ccccc2)C1. The molecule has 0 bridgehead atoms. The van der Waals surface area contributed by atoms with Crippen LogP contribution in [0, 0.1) is 0 Å². The number of hydrogen-bond acceptors (Lipinski definition) is 3. The molecule has 0 amide bonds. The van der Waals surface area contributed by atoms with E-state index in [-0.39, 0.29) is 5.78 Å². The van der Waals surface area contributed by atoms with E-state index in [4.69, 9.17) is 0 Å². The molecule has 3 heteroatoms. The van der Waals surface area contributed by atoms with Crippen molar-refractivity contribution >= 4 is 17.2 Å². The summed E-state index contributed by atoms with van der Waals surface area (Å²) in [5.41, 5.74) is 3.17. The molecular formula is C13H14N2O. The van der Waals surface area contributed by atoms with Crippen molar-refractivity contribution in [3.8, 4) is 0 Å². The molecule has 0 spiro atoms. The Labute approximate surface area is 94.9 Å². The molecule has 0 aromatic heterocycles. The summed E-state index contributed by atoms with van der Waals surface area (Å²) in [6, 6.07) is 10.2. The highest BCUT2D eigenvalue weighted by Crippen LogP contribution is 2.11. The summed E-state index contributed by atoms with van der Waals surface area (Å²) in [5.74, 6) is 0.148. The van der Waals surface area contributed by atoms with Crippen LogP contribution in [0.3, 0.4) is 0 Å². The fourth-order valence-electron chi connectivity index (χ4n) is 1.76. The van der Waals surface area contributed by atoms with Crippen molar-refractivity contribution in [1.82, 2.24) is 0 Å². The van der Waals surface area contributed by atoms with Gasteiger partial charge in [0.1, 0.15) is 5.78 Å². The van der Waals surface area contributed by atoms with E-state index in [2.05, 4.69) is 22.3 Å². The summed E-state index contributed by atoms with van der Waals surface area (Å²) in [6.45, 7) is 1.58. The van der Waals surface area contributed by atoms with E-state index >= 15 is 0 Å². The van der Waals surface area contributed by atoms with Crippen molar-refractivity contribution in [3.05, 3.63) is 35.9 Å². The highest BCUT2D eigenvalue weighted by molar-refractivity contribution is 6.13. The maximum atomic E-state index is 10.9. The van der Waals surface area contributed by atoms with E-state index in [1.807, 2.05) is 18.2 Å². The van der Waals surface area contributed by atoms with Crippen LogP contribution in [-0.2, 0) is 11.2 Å². The predicted octanol–water partition coefficient (Wildman–Crippen LogP) is 2.41. The fraction of sp³-hybridized carbons (Fsp3) is 0.308. The molecule has 0 fully saturated rings. The number of carbonyl (C=O) groups excluding carboxylic acids is 1. The Morgan fingerprint density at radius 1 is 1.19 bits per heavy atom.